The van der Waals surface area contributed by atoms with E-state index in [1.807, 2.05) is 0 Å². The molecule has 2 aromatic heterocycles. The molecule has 0 atom stereocenters. The summed E-state index contributed by atoms with van der Waals surface area (Å²) in [5.74, 6) is -3.57. The quantitative estimate of drug-likeness (QED) is 0.615. The fourth-order valence-electron chi connectivity index (χ4n) is 2.61. The maximum Gasteiger partial charge on any atom is 0.452 e. The van der Waals surface area contributed by atoms with Crippen LogP contribution in [-0.2, 0) is 24.1 Å². The number of benzene rings is 1. The molecule has 0 aliphatic heterocycles. The predicted octanol–water partition coefficient (Wildman–Crippen LogP) is 2.87. The highest BCUT2D eigenvalue weighted by molar-refractivity contribution is 6.31. The number of hydrogen-bond donors (Lipinski definition) is 1. The van der Waals surface area contributed by atoms with E-state index in [9.17, 15) is 27.2 Å². The van der Waals surface area contributed by atoms with Crippen LogP contribution < -0.4 is 11.0 Å². The largest absolute Gasteiger partial charge is 0.452 e. The first-order chi connectivity index (χ1) is 14.1. The first-order valence-corrected chi connectivity index (χ1v) is 8.85. The van der Waals surface area contributed by atoms with E-state index in [1.54, 1.807) is 25.1 Å². The van der Waals surface area contributed by atoms with Gasteiger partial charge in [0, 0.05) is 11.6 Å². The van der Waals surface area contributed by atoms with Crippen molar-refractivity contribution >= 4 is 17.5 Å². The summed E-state index contributed by atoms with van der Waals surface area (Å²) in [6, 6.07) is 6.83. The summed E-state index contributed by atoms with van der Waals surface area (Å²) in [6.07, 6.45) is -4.34. The molecule has 7 nitrogen and oxygen atoms in total. The van der Waals surface area contributed by atoms with Crippen molar-refractivity contribution in [2.45, 2.75) is 26.2 Å². The lowest BCUT2D eigenvalue weighted by atomic mass is 10.1. The van der Waals surface area contributed by atoms with E-state index < -0.39 is 41.8 Å². The molecule has 1 amide bonds. The van der Waals surface area contributed by atoms with Crippen LogP contribution in [-0.4, -0.2) is 25.2 Å². The molecule has 0 saturated carbocycles. The Hall–Kier alpha value is -3.21. The first-order valence-electron chi connectivity index (χ1n) is 8.47. The zero-order valence-electron chi connectivity index (χ0n) is 15.4. The van der Waals surface area contributed by atoms with Gasteiger partial charge in [0.25, 0.3) is 0 Å². The van der Waals surface area contributed by atoms with Gasteiger partial charge in [-0.25, -0.2) is 23.4 Å². The molecule has 0 radical (unpaired) electrons. The number of pyridine rings is 1. The number of halogens is 5. The second-order valence-corrected chi connectivity index (χ2v) is 6.70. The summed E-state index contributed by atoms with van der Waals surface area (Å²) in [5, 5.41) is 6.28. The Bertz CT molecular complexity index is 1140. The van der Waals surface area contributed by atoms with Crippen LogP contribution in [0, 0.1) is 12.7 Å². The molecule has 2 heterocycles. The SMILES string of the molecule is Cc1cc(CNC(=O)Cn2nc(C(F)(F)F)n(-c3ccc(F)cn3)c2=O)ccc1Cl. The zero-order valence-corrected chi connectivity index (χ0v) is 16.1. The molecule has 158 valence electrons. The van der Waals surface area contributed by atoms with Crippen molar-refractivity contribution in [1.82, 2.24) is 24.6 Å². The van der Waals surface area contributed by atoms with Crippen LogP contribution in [0.2, 0.25) is 5.02 Å². The molecule has 12 heteroatoms. The minimum Gasteiger partial charge on any atom is -0.350 e. The van der Waals surface area contributed by atoms with Gasteiger partial charge in [0.2, 0.25) is 11.7 Å². The van der Waals surface area contributed by atoms with Gasteiger partial charge in [0.15, 0.2) is 0 Å². The van der Waals surface area contributed by atoms with Crippen LogP contribution >= 0.6 is 11.6 Å². The van der Waals surface area contributed by atoms with Crippen LogP contribution in [0.15, 0.2) is 41.3 Å². The number of carbonyl (C=O) groups excluding carboxylic acids is 1. The van der Waals surface area contributed by atoms with E-state index in [-0.39, 0.29) is 11.1 Å². The molecule has 3 rings (SSSR count). The number of amides is 1. The number of carbonyl (C=O) groups is 1. The molecule has 1 aromatic carbocycles. The van der Waals surface area contributed by atoms with Gasteiger partial charge in [-0.3, -0.25) is 4.79 Å². The summed E-state index contributed by atoms with van der Waals surface area (Å²) < 4.78 is 53.6. The van der Waals surface area contributed by atoms with Crippen LogP contribution in [0.25, 0.3) is 5.82 Å². The Labute approximate surface area is 171 Å². The van der Waals surface area contributed by atoms with E-state index in [0.29, 0.717) is 15.9 Å². The Balaban J connectivity index is 1.83. The highest BCUT2D eigenvalue weighted by Crippen LogP contribution is 2.28. The second-order valence-electron chi connectivity index (χ2n) is 6.29. The fourth-order valence-corrected chi connectivity index (χ4v) is 2.73. The standard InChI is InChI=1S/C18H14ClF4N5O2/c1-10-6-11(2-4-13(10)19)7-25-15(29)9-27-17(30)28(16(26-27)18(21,22)23)14-5-3-12(20)8-24-14/h2-6,8H,7,9H2,1H3,(H,25,29). The van der Waals surface area contributed by atoms with Crippen LogP contribution in [0.1, 0.15) is 17.0 Å². The zero-order chi connectivity index (χ0) is 22.1. The molecular formula is C18H14ClF4N5O2. The van der Waals surface area contributed by atoms with Crippen molar-refractivity contribution < 1.29 is 22.4 Å². The van der Waals surface area contributed by atoms with Crippen LogP contribution in [0.3, 0.4) is 0 Å². The molecule has 0 spiro atoms. The Morgan fingerprint density at radius 1 is 1.23 bits per heavy atom. The molecule has 30 heavy (non-hydrogen) atoms. The molecular weight excluding hydrogens is 430 g/mol. The average molecular weight is 444 g/mol. The lowest BCUT2D eigenvalue weighted by Crippen LogP contribution is -2.33. The fraction of sp³-hybridized carbons (Fsp3) is 0.222. The third-order valence-corrected chi connectivity index (χ3v) is 4.46. The molecule has 1 N–H and O–H groups in total. The van der Waals surface area contributed by atoms with Crippen molar-refractivity contribution in [3.05, 3.63) is 74.8 Å². The van der Waals surface area contributed by atoms with Gasteiger partial charge in [-0.05, 0) is 36.2 Å². The third-order valence-electron chi connectivity index (χ3n) is 4.04. The average Bonchev–Trinajstić information content (AvgIpc) is 3.00. The molecule has 0 saturated heterocycles. The highest BCUT2D eigenvalue weighted by atomic mass is 35.5. The number of nitrogens with zero attached hydrogens (tertiary/aromatic N) is 4. The maximum absolute atomic E-state index is 13.3. The Kier molecular flexibility index (Phi) is 5.92. The van der Waals surface area contributed by atoms with Gasteiger partial charge in [0.1, 0.15) is 18.2 Å². The topological polar surface area (TPSA) is 81.8 Å². The van der Waals surface area contributed by atoms with E-state index in [4.69, 9.17) is 11.6 Å². The monoisotopic (exact) mass is 443 g/mol. The smallest absolute Gasteiger partial charge is 0.350 e. The lowest BCUT2D eigenvalue weighted by Gasteiger charge is -2.06. The van der Waals surface area contributed by atoms with Crippen molar-refractivity contribution in [2.24, 2.45) is 0 Å². The summed E-state index contributed by atoms with van der Waals surface area (Å²) in [4.78, 5) is 28.1. The summed E-state index contributed by atoms with van der Waals surface area (Å²) in [7, 11) is 0. The number of nitrogens with one attached hydrogen (secondary N) is 1. The maximum atomic E-state index is 13.3. The third kappa shape index (κ3) is 4.67. The van der Waals surface area contributed by atoms with E-state index >= 15 is 0 Å². The minimum absolute atomic E-state index is 0.0813. The molecule has 0 bridgehead atoms. The van der Waals surface area contributed by atoms with Gasteiger partial charge in [-0.2, -0.15) is 13.2 Å². The van der Waals surface area contributed by atoms with Gasteiger partial charge in [-0.1, -0.05) is 23.7 Å². The van der Waals surface area contributed by atoms with Gasteiger partial charge >= 0.3 is 11.9 Å². The summed E-state index contributed by atoms with van der Waals surface area (Å²) in [6.45, 7) is 1.11. The van der Waals surface area contributed by atoms with Gasteiger partial charge in [0.05, 0.1) is 6.20 Å². The molecule has 0 aliphatic rings. The minimum atomic E-state index is -5.00. The lowest BCUT2D eigenvalue weighted by molar-refractivity contribution is -0.146. The molecule has 0 unspecified atom stereocenters. The summed E-state index contributed by atoms with van der Waals surface area (Å²) >= 11 is 5.93. The number of aryl methyl sites for hydroxylation is 1. The van der Waals surface area contributed by atoms with Gasteiger partial charge < -0.3 is 5.32 Å². The number of rotatable bonds is 5. The van der Waals surface area contributed by atoms with Crippen molar-refractivity contribution in [2.75, 3.05) is 0 Å². The van der Waals surface area contributed by atoms with Crippen LogP contribution in [0.4, 0.5) is 17.6 Å². The Morgan fingerprint density at radius 2 is 1.97 bits per heavy atom. The van der Waals surface area contributed by atoms with Crippen molar-refractivity contribution in [3.8, 4) is 5.82 Å². The predicted molar refractivity (Wildman–Crippen MR) is 98.6 cm³/mol. The molecule has 0 fully saturated rings. The van der Waals surface area contributed by atoms with E-state index in [1.165, 1.54) is 0 Å². The number of aromatic nitrogens is 4. The van der Waals surface area contributed by atoms with E-state index in [0.717, 1.165) is 23.3 Å². The molecule has 0 aliphatic carbocycles. The second kappa shape index (κ2) is 8.27. The normalized spacial score (nSPS) is 11.5. The van der Waals surface area contributed by atoms with E-state index in [2.05, 4.69) is 15.4 Å². The highest BCUT2D eigenvalue weighted by Gasteiger charge is 2.40. The van der Waals surface area contributed by atoms with Crippen molar-refractivity contribution in [3.63, 3.8) is 0 Å². The summed E-state index contributed by atoms with van der Waals surface area (Å²) in [5.41, 5.74) is 0.272. The molecule has 3 aromatic rings. The van der Waals surface area contributed by atoms with Gasteiger partial charge in [-0.15, -0.1) is 5.10 Å². The first kappa shape index (κ1) is 21.5. The van der Waals surface area contributed by atoms with Crippen LogP contribution in [0.5, 0.6) is 0 Å². The number of hydrogen-bond acceptors (Lipinski definition) is 4. The Morgan fingerprint density at radius 3 is 2.57 bits per heavy atom. The van der Waals surface area contributed by atoms with Crippen molar-refractivity contribution in [1.29, 1.82) is 0 Å². The number of alkyl halides is 3.